The van der Waals surface area contributed by atoms with E-state index < -0.39 is 12.7 Å². The molecular formula is C14H27F3N4O. The van der Waals surface area contributed by atoms with Gasteiger partial charge in [0.05, 0.1) is 13.2 Å². The molecule has 1 saturated heterocycles. The van der Waals surface area contributed by atoms with E-state index in [2.05, 4.69) is 15.6 Å². The number of ether oxygens (including phenoxy) is 1. The number of nitrogens with zero attached hydrogens (tertiary/aromatic N) is 2. The van der Waals surface area contributed by atoms with E-state index in [1.165, 1.54) is 4.90 Å². The van der Waals surface area contributed by atoms with E-state index in [0.29, 0.717) is 32.2 Å². The van der Waals surface area contributed by atoms with Gasteiger partial charge in [-0.25, -0.2) is 0 Å². The Labute approximate surface area is 130 Å². The summed E-state index contributed by atoms with van der Waals surface area (Å²) in [5.41, 5.74) is 0. The topological polar surface area (TPSA) is 48.9 Å². The number of alkyl halides is 3. The van der Waals surface area contributed by atoms with E-state index in [1.54, 1.807) is 14.2 Å². The Morgan fingerprint density at radius 1 is 1.23 bits per heavy atom. The predicted molar refractivity (Wildman–Crippen MR) is 81.1 cm³/mol. The molecule has 0 aliphatic carbocycles. The van der Waals surface area contributed by atoms with Crippen LogP contribution in [0.5, 0.6) is 0 Å². The van der Waals surface area contributed by atoms with Crippen LogP contribution in [0.3, 0.4) is 0 Å². The molecule has 0 aromatic heterocycles. The average Bonchev–Trinajstić information content (AvgIpc) is 2.46. The zero-order chi connectivity index (χ0) is 16.4. The van der Waals surface area contributed by atoms with Gasteiger partial charge in [0.15, 0.2) is 5.96 Å². The first-order chi connectivity index (χ1) is 10.4. The van der Waals surface area contributed by atoms with Crippen molar-refractivity contribution in [2.75, 3.05) is 53.5 Å². The number of methoxy groups -OCH3 is 1. The summed E-state index contributed by atoms with van der Waals surface area (Å²) in [5.74, 6) is 1.21. The molecule has 22 heavy (non-hydrogen) atoms. The van der Waals surface area contributed by atoms with Crippen LogP contribution in [0.15, 0.2) is 4.99 Å². The third-order valence-electron chi connectivity index (χ3n) is 3.78. The van der Waals surface area contributed by atoms with E-state index in [0.717, 1.165) is 31.8 Å². The molecule has 0 bridgehead atoms. The molecule has 0 amide bonds. The van der Waals surface area contributed by atoms with Crippen molar-refractivity contribution in [3.05, 3.63) is 0 Å². The van der Waals surface area contributed by atoms with E-state index in [-0.39, 0.29) is 0 Å². The lowest BCUT2D eigenvalue weighted by atomic mass is 9.93. The fourth-order valence-electron chi connectivity index (χ4n) is 2.57. The molecule has 1 fully saturated rings. The van der Waals surface area contributed by atoms with Crippen molar-refractivity contribution in [1.29, 1.82) is 0 Å². The Balaban J connectivity index is 2.14. The zero-order valence-corrected chi connectivity index (χ0v) is 13.4. The highest BCUT2D eigenvalue weighted by molar-refractivity contribution is 5.79. The highest BCUT2D eigenvalue weighted by atomic mass is 19.4. The summed E-state index contributed by atoms with van der Waals surface area (Å²) in [6.45, 7) is 2.35. The molecule has 0 atom stereocenters. The van der Waals surface area contributed by atoms with Gasteiger partial charge in [-0.1, -0.05) is 0 Å². The van der Waals surface area contributed by atoms with Gasteiger partial charge in [0, 0.05) is 27.2 Å². The lowest BCUT2D eigenvalue weighted by Gasteiger charge is -2.32. The Bertz CT molecular complexity index is 329. The van der Waals surface area contributed by atoms with Crippen molar-refractivity contribution >= 4 is 5.96 Å². The number of hydrogen-bond donors (Lipinski definition) is 2. The molecule has 1 heterocycles. The third kappa shape index (κ3) is 8.43. The van der Waals surface area contributed by atoms with Gasteiger partial charge in [-0.2, -0.15) is 13.2 Å². The largest absolute Gasteiger partial charge is 0.401 e. The molecule has 0 saturated carbocycles. The number of rotatable bonds is 7. The Morgan fingerprint density at radius 2 is 1.86 bits per heavy atom. The standard InChI is InChI=1S/C14H27F3N4O/c1-18-13(20-7-10-22-2)19-6-3-12-4-8-21(9-5-12)11-14(15,16)17/h12H,3-11H2,1-2H3,(H2,18,19,20). The van der Waals surface area contributed by atoms with Gasteiger partial charge < -0.3 is 15.4 Å². The second kappa shape index (κ2) is 9.89. The van der Waals surface area contributed by atoms with Gasteiger partial charge in [-0.05, 0) is 38.3 Å². The first-order valence-corrected chi connectivity index (χ1v) is 7.67. The van der Waals surface area contributed by atoms with Crippen LogP contribution in [0.25, 0.3) is 0 Å². The van der Waals surface area contributed by atoms with Crippen LogP contribution in [0.2, 0.25) is 0 Å². The minimum atomic E-state index is -4.09. The first-order valence-electron chi connectivity index (χ1n) is 7.67. The van der Waals surface area contributed by atoms with Crippen molar-refractivity contribution in [1.82, 2.24) is 15.5 Å². The number of guanidine groups is 1. The van der Waals surface area contributed by atoms with Crippen LogP contribution in [0.4, 0.5) is 13.2 Å². The summed E-state index contributed by atoms with van der Waals surface area (Å²) in [5, 5.41) is 6.34. The smallest absolute Gasteiger partial charge is 0.383 e. The summed E-state index contributed by atoms with van der Waals surface area (Å²) < 4.78 is 41.9. The van der Waals surface area contributed by atoms with Crippen molar-refractivity contribution in [2.45, 2.75) is 25.4 Å². The fraction of sp³-hybridized carbons (Fsp3) is 0.929. The van der Waals surface area contributed by atoms with Crippen molar-refractivity contribution in [3.63, 3.8) is 0 Å². The Morgan fingerprint density at radius 3 is 2.41 bits per heavy atom. The molecular weight excluding hydrogens is 297 g/mol. The van der Waals surface area contributed by atoms with Gasteiger partial charge in [-0.15, -0.1) is 0 Å². The maximum Gasteiger partial charge on any atom is 0.401 e. The van der Waals surface area contributed by atoms with Crippen LogP contribution >= 0.6 is 0 Å². The minimum Gasteiger partial charge on any atom is -0.383 e. The van der Waals surface area contributed by atoms with Crippen molar-refractivity contribution in [2.24, 2.45) is 10.9 Å². The zero-order valence-electron chi connectivity index (χ0n) is 13.4. The summed E-state index contributed by atoms with van der Waals surface area (Å²) in [6, 6.07) is 0. The van der Waals surface area contributed by atoms with Crippen LogP contribution in [0.1, 0.15) is 19.3 Å². The number of aliphatic imine (C=N–C) groups is 1. The normalized spacial score (nSPS) is 18.5. The summed E-state index contributed by atoms with van der Waals surface area (Å²) in [4.78, 5) is 5.60. The molecule has 0 unspecified atom stereocenters. The SMILES string of the molecule is CN=C(NCCOC)NCCC1CCN(CC(F)(F)F)CC1. The Hall–Kier alpha value is -1.02. The van der Waals surface area contributed by atoms with Crippen LogP contribution < -0.4 is 10.6 Å². The molecule has 1 aliphatic heterocycles. The minimum absolute atomic E-state index is 0.481. The summed E-state index contributed by atoms with van der Waals surface area (Å²) >= 11 is 0. The van der Waals surface area contributed by atoms with Gasteiger partial charge in [0.25, 0.3) is 0 Å². The maximum absolute atomic E-state index is 12.3. The Kier molecular flexibility index (Phi) is 8.55. The molecule has 1 aliphatic rings. The van der Waals surface area contributed by atoms with Gasteiger partial charge >= 0.3 is 6.18 Å². The van der Waals surface area contributed by atoms with Crippen LogP contribution in [-0.2, 0) is 4.74 Å². The molecule has 8 heteroatoms. The lowest BCUT2D eigenvalue weighted by Crippen LogP contribution is -2.42. The second-order valence-electron chi connectivity index (χ2n) is 5.54. The number of piperidine rings is 1. The highest BCUT2D eigenvalue weighted by Gasteiger charge is 2.32. The van der Waals surface area contributed by atoms with Crippen LogP contribution in [-0.4, -0.2) is 70.5 Å². The lowest BCUT2D eigenvalue weighted by molar-refractivity contribution is -0.148. The third-order valence-corrected chi connectivity index (χ3v) is 3.78. The number of nitrogens with one attached hydrogen (secondary N) is 2. The molecule has 0 aromatic carbocycles. The number of halogens is 3. The predicted octanol–water partition coefficient (Wildman–Crippen LogP) is 1.46. The number of hydrogen-bond acceptors (Lipinski definition) is 3. The maximum atomic E-state index is 12.3. The van der Waals surface area contributed by atoms with Gasteiger partial charge in [0.1, 0.15) is 0 Å². The average molecular weight is 324 g/mol. The quantitative estimate of drug-likeness (QED) is 0.423. The van der Waals surface area contributed by atoms with Crippen molar-refractivity contribution < 1.29 is 17.9 Å². The monoisotopic (exact) mass is 324 g/mol. The summed E-state index contributed by atoms with van der Waals surface area (Å²) in [7, 11) is 3.35. The van der Waals surface area contributed by atoms with Gasteiger partial charge in [-0.3, -0.25) is 9.89 Å². The molecule has 2 N–H and O–H groups in total. The second-order valence-corrected chi connectivity index (χ2v) is 5.54. The molecule has 130 valence electrons. The molecule has 1 rings (SSSR count). The van der Waals surface area contributed by atoms with E-state index in [9.17, 15) is 13.2 Å². The van der Waals surface area contributed by atoms with Crippen LogP contribution in [0, 0.1) is 5.92 Å². The van der Waals surface area contributed by atoms with E-state index >= 15 is 0 Å². The van der Waals surface area contributed by atoms with Crippen molar-refractivity contribution in [3.8, 4) is 0 Å². The first kappa shape index (κ1) is 19.0. The molecule has 0 spiro atoms. The molecule has 0 aromatic rings. The van der Waals surface area contributed by atoms with E-state index in [1.807, 2.05) is 0 Å². The summed E-state index contributed by atoms with van der Waals surface area (Å²) in [6.07, 6.45) is -1.49. The fourth-order valence-corrected chi connectivity index (χ4v) is 2.57. The molecule has 0 radical (unpaired) electrons. The molecule has 5 nitrogen and oxygen atoms in total. The van der Waals surface area contributed by atoms with Gasteiger partial charge in [0.2, 0.25) is 0 Å². The van der Waals surface area contributed by atoms with E-state index in [4.69, 9.17) is 4.74 Å². The number of likely N-dealkylation sites (tertiary alicyclic amines) is 1. The highest BCUT2D eigenvalue weighted by Crippen LogP contribution is 2.23.